The van der Waals surface area contributed by atoms with E-state index in [1.54, 1.807) is 11.8 Å². The molecule has 1 aromatic heterocycles. The molecule has 0 aliphatic heterocycles. The maximum absolute atomic E-state index is 8.65. The number of nitrogens with zero attached hydrogens (tertiary/aromatic N) is 2. The van der Waals surface area contributed by atoms with Crippen molar-refractivity contribution in [2.75, 3.05) is 30.0 Å². The van der Waals surface area contributed by atoms with Crippen molar-refractivity contribution in [2.45, 2.75) is 18.4 Å². The number of hydrogen-bond acceptors (Lipinski definition) is 6. The normalized spacial score (nSPS) is 10.3. The van der Waals surface area contributed by atoms with Crippen molar-refractivity contribution in [3.8, 4) is 0 Å². The minimum atomic E-state index is 0.202. The van der Waals surface area contributed by atoms with E-state index in [2.05, 4.69) is 15.3 Å². The summed E-state index contributed by atoms with van der Waals surface area (Å²) in [6, 6.07) is 1.86. The minimum Gasteiger partial charge on any atom is -0.396 e. The zero-order chi connectivity index (χ0) is 11.1. The first kappa shape index (κ1) is 12.1. The van der Waals surface area contributed by atoms with Crippen molar-refractivity contribution in [3.63, 3.8) is 0 Å². The molecule has 0 spiro atoms. The lowest BCUT2D eigenvalue weighted by atomic mass is 10.5. The highest BCUT2D eigenvalue weighted by atomic mass is 32.2. The molecule has 0 radical (unpaired) electrons. The predicted molar refractivity (Wildman–Crippen MR) is 63.0 cm³/mol. The van der Waals surface area contributed by atoms with Crippen molar-refractivity contribution in [3.05, 3.63) is 6.07 Å². The van der Waals surface area contributed by atoms with Crippen LogP contribution in [0.3, 0.4) is 0 Å². The monoisotopic (exact) mass is 228 g/mol. The Labute approximate surface area is 93.5 Å². The molecule has 0 fully saturated rings. The molecule has 0 amide bonds. The van der Waals surface area contributed by atoms with Gasteiger partial charge in [0.05, 0.1) is 0 Å². The van der Waals surface area contributed by atoms with Crippen LogP contribution in [0.5, 0.6) is 0 Å². The molecule has 6 heteroatoms. The Kier molecular flexibility index (Phi) is 5.20. The predicted octanol–water partition coefficient (Wildman–Crippen LogP) is 0.965. The summed E-state index contributed by atoms with van der Waals surface area (Å²) in [6.07, 6.45) is 0.755. The molecule has 0 aliphatic carbocycles. The molecule has 4 N–H and O–H groups in total. The second-order valence-corrected chi connectivity index (χ2v) is 4.02. The van der Waals surface area contributed by atoms with Gasteiger partial charge in [-0.3, -0.25) is 0 Å². The molecule has 1 aromatic rings. The summed E-state index contributed by atoms with van der Waals surface area (Å²) in [7, 11) is 0. The molecule has 0 aliphatic rings. The van der Waals surface area contributed by atoms with Gasteiger partial charge in [0, 0.05) is 25.0 Å². The number of aliphatic hydroxyl groups is 1. The molecule has 0 bridgehead atoms. The van der Waals surface area contributed by atoms with Gasteiger partial charge in [-0.1, -0.05) is 0 Å². The quantitative estimate of drug-likeness (QED) is 0.382. The Hall–Kier alpha value is -1.01. The number of anilines is 2. The average molecular weight is 228 g/mol. The third-order valence-corrected chi connectivity index (χ3v) is 2.63. The molecule has 0 saturated heterocycles. The standard InChI is InChI=1S/C9H16N4OS/c1-2-11-7-6-8(13-9(10)12-7)15-5-3-4-14/h6,14H,2-5H2,1H3,(H3,10,11,12,13). The molecule has 15 heavy (non-hydrogen) atoms. The van der Waals surface area contributed by atoms with E-state index in [1.807, 2.05) is 13.0 Å². The van der Waals surface area contributed by atoms with E-state index in [1.165, 1.54) is 0 Å². The fourth-order valence-electron chi connectivity index (χ4n) is 1.03. The Morgan fingerprint density at radius 3 is 3.00 bits per heavy atom. The Morgan fingerprint density at radius 2 is 2.33 bits per heavy atom. The molecule has 1 rings (SSSR count). The van der Waals surface area contributed by atoms with Gasteiger partial charge in [0.1, 0.15) is 10.8 Å². The van der Waals surface area contributed by atoms with Crippen molar-refractivity contribution in [2.24, 2.45) is 0 Å². The van der Waals surface area contributed by atoms with E-state index in [0.717, 1.165) is 29.6 Å². The van der Waals surface area contributed by atoms with Crippen LogP contribution in [-0.2, 0) is 0 Å². The maximum atomic E-state index is 8.65. The zero-order valence-corrected chi connectivity index (χ0v) is 9.55. The summed E-state index contributed by atoms with van der Waals surface area (Å²) < 4.78 is 0. The first-order chi connectivity index (χ1) is 7.26. The lowest BCUT2D eigenvalue weighted by Crippen LogP contribution is -2.04. The van der Waals surface area contributed by atoms with E-state index in [-0.39, 0.29) is 12.6 Å². The number of aliphatic hydroxyl groups excluding tert-OH is 1. The van der Waals surface area contributed by atoms with Gasteiger partial charge in [0.15, 0.2) is 0 Å². The van der Waals surface area contributed by atoms with Gasteiger partial charge in [0.25, 0.3) is 0 Å². The molecular weight excluding hydrogens is 212 g/mol. The lowest BCUT2D eigenvalue weighted by Gasteiger charge is -2.05. The second-order valence-electron chi connectivity index (χ2n) is 2.91. The average Bonchev–Trinajstić information content (AvgIpc) is 2.18. The molecule has 5 nitrogen and oxygen atoms in total. The van der Waals surface area contributed by atoms with Gasteiger partial charge in [-0.2, -0.15) is 4.98 Å². The van der Waals surface area contributed by atoms with Crippen LogP contribution in [0.15, 0.2) is 11.1 Å². The lowest BCUT2D eigenvalue weighted by molar-refractivity contribution is 0.296. The number of thioether (sulfide) groups is 1. The van der Waals surface area contributed by atoms with Crippen LogP contribution < -0.4 is 11.1 Å². The van der Waals surface area contributed by atoms with Gasteiger partial charge < -0.3 is 16.2 Å². The molecular formula is C9H16N4OS. The van der Waals surface area contributed by atoms with Crippen molar-refractivity contribution < 1.29 is 5.11 Å². The first-order valence-corrected chi connectivity index (χ1v) is 5.87. The molecule has 0 unspecified atom stereocenters. The van der Waals surface area contributed by atoms with Crippen LogP contribution in [0.25, 0.3) is 0 Å². The topological polar surface area (TPSA) is 84.1 Å². The van der Waals surface area contributed by atoms with Crippen molar-refractivity contribution >= 4 is 23.5 Å². The highest BCUT2D eigenvalue weighted by molar-refractivity contribution is 7.99. The number of aromatic nitrogens is 2. The number of nitrogens with one attached hydrogen (secondary N) is 1. The van der Waals surface area contributed by atoms with Crippen LogP contribution in [0.1, 0.15) is 13.3 Å². The summed E-state index contributed by atoms with van der Waals surface area (Å²) in [5, 5.41) is 12.6. The summed E-state index contributed by atoms with van der Waals surface area (Å²) in [5.74, 6) is 1.86. The smallest absolute Gasteiger partial charge is 0.223 e. The minimum absolute atomic E-state index is 0.202. The number of rotatable bonds is 6. The fraction of sp³-hybridized carbons (Fsp3) is 0.556. The van der Waals surface area contributed by atoms with Crippen LogP contribution in [0, 0.1) is 0 Å². The Balaban J connectivity index is 2.62. The SMILES string of the molecule is CCNc1cc(SCCCO)nc(N)n1. The van der Waals surface area contributed by atoms with Crippen LogP contribution in [-0.4, -0.2) is 34.0 Å². The van der Waals surface area contributed by atoms with Gasteiger partial charge >= 0.3 is 0 Å². The van der Waals surface area contributed by atoms with E-state index >= 15 is 0 Å². The number of hydrogen-bond donors (Lipinski definition) is 3. The number of nitrogen functional groups attached to an aromatic ring is 1. The van der Waals surface area contributed by atoms with Gasteiger partial charge in [-0.05, 0) is 13.3 Å². The van der Waals surface area contributed by atoms with Crippen LogP contribution in [0.4, 0.5) is 11.8 Å². The summed E-state index contributed by atoms with van der Waals surface area (Å²) in [5.41, 5.74) is 5.57. The Bertz CT molecular complexity index is 308. The van der Waals surface area contributed by atoms with Gasteiger partial charge in [0.2, 0.25) is 5.95 Å². The van der Waals surface area contributed by atoms with Gasteiger partial charge in [-0.15, -0.1) is 11.8 Å². The highest BCUT2D eigenvalue weighted by Gasteiger charge is 2.01. The zero-order valence-electron chi connectivity index (χ0n) is 8.73. The molecule has 1 heterocycles. The summed E-state index contributed by atoms with van der Waals surface area (Å²) >= 11 is 1.57. The fourth-order valence-corrected chi connectivity index (χ4v) is 1.87. The molecule has 0 aromatic carbocycles. The summed E-state index contributed by atoms with van der Waals surface area (Å²) in [6.45, 7) is 3.00. The maximum Gasteiger partial charge on any atom is 0.223 e. The molecule has 84 valence electrons. The van der Waals surface area contributed by atoms with E-state index < -0.39 is 0 Å². The number of nitrogens with two attached hydrogens (primary N) is 1. The van der Waals surface area contributed by atoms with Crippen molar-refractivity contribution in [1.29, 1.82) is 0 Å². The van der Waals surface area contributed by atoms with E-state index in [9.17, 15) is 0 Å². The van der Waals surface area contributed by atoms with E-state index in [0.29, 0.717) is 0 Å². The first-order valence-electron chi connectivity index (χ1n) is 4.88. The second kappa shape index (κ2) is 6.47. The van der Waals surface area contributed by atoms with Crippen molar-refractivity contribution in [1.82, 2.24) is 9.97 Å². The molecule has 0 atom stereocenters. The van der Waals surface area contributed by atoms with Crippen LogP contribution >= 0.6 is 11.8 Å². The van der Waals surface area contributed by atoms with Gasteiger partial charge in [-0.25, -0.2) is 4.98 Å². The third kappa shape index (κ3) is 4.35. The third-order valence-electron chi connectivity index (χ3n) is 1.63. The highest BCUT2D eigenvalue weighted by Crippen LogP contribution is 2.19. The largest absolute Gasteiger partial charge is 0.396 e. The van der Waals surface area contributed by atoms with Crippen LogP contribution in [0.2, 0.25) is 0 Å². The summed E-state index contributed by atoms with van der Waals surface area (Å²) in [4.78, 5) is 8.14. The molecule has 0 saturated carbocycles. The van der Waals surface area contributed by atoms with E-state index in [4.69, 9.17) is 10.8 Å². The Morgan fingerprint density at radius 1 is 1.53 bits per heavy atom.